The molecule has 2 N–H and O–H groups in total. The largest absolute Gasteiger partial charge is 0.388 e. The van der Waals surface area contributed by atoms with Gasteiger partial charge in [0, 0.05) is 43.6 Å². The van der Waals surface area contributed by atoms with Crippen molar-refractivity contribution in [2.45, 2.75) is 13.3 Å². The smallest absolute Gasteiger partial charge is 0.216 e. The highest BCUT2D eigenvalue weighted by Crippen LogP contribution is 2.19. The van der Waals surface area contributed by atoms with E-state index >= 15 is 0 Å². The van der Waals surface area contributed by atoms with Gasteiger partial charge in [-0.25, -0.2) is 0 Å². The number of hydrogen-bond donors (Lipinski definition) is 2. The van der Waals surface area contributed by atoms with E-state index < -0.39 is 0 Å². The normalized spacial score (nSPS) is 9.56. The minimum absolute atomic E-state index is 0.0352. The average Bonchev–Trinajstić information content (AvgIpc) is 2.22. The lowest BCUT2D eigenvalue weighted by atomic mass is 10.3. The second kappa shape index (κ2) is 11.0. The van der Waals surface area contributed by atoms with Gasteiger partial charge in [-0.1, -0.05) is 34.2 Å². The van der Waals surface area contributed by atoms with Crippen LogP contribution in [0.1, 0.15) is 13.3 Å². The molecule has 0 fully saturated rings. The van der Waals surface area contributed by atoms with E-state index in [2.05, 4.69) is 23.8 Å². The highest BCUT2D eigenvalue weighted by Gasteiger charge is 1.93. The Morgan fingerprint density at radius 1 is 1.25 bits per heavy atom. The summed E-state index contributed by atoms with van der Waals surface area (Å²) in [5.41, 5.74) is 1.01. The van der Waals surface area contributed by atoms with Gasteiger partial charge in [0.1, 0.15) is 0 Å². The molecular weight excluding hydrogens is 240 g/mol. The van der Waals surface area contributed by atoms with Gasteiger partial charge in [-0.2, -0.15) is 0 Å². The highest BCUT2D eigenvalue weighted by atomic mass is 33.1. The van der Waals surface area contributed by atoms with Gasteiger partial charge in [0.25, 0.3) is 0 Å². The summed E-state index contributed by atoms with van der Waals surface area (Å²) in [6.07, 6.45) is 2.66. The second-order valence-corrected chi connectivity index (χ2v) is 5.85. The summed E-state index contributed by atoms with van der Waals surface area (Å²) in [5, 5.41) is 5.98. The molecule has 0 bridgehead atoms. The zero-order valence-electron chi connectivity index (χ0n) is 9.75. The van der Waals surface area contributed by atoms with Crippen molar-refractivity contribution < 1.29 is 4.79 Å². The highest BCUT2D eigenvalue weighted by molar-refractivity contribution is 8.76. The van der Waals surface area contributed by atoms with Crippen LogP contribution in [0.4, 0.5) is 0 Å². The quantitative estimate of drug-likeness (QED) is 0.359. The van der Waals surface area contributed by atoms with Gasteiger partial charge < -0.3 is 10.6 Å². The lowest BCUT2D eigenvalue weighted by Crippen LogP contribution is -2.22. The molecule has 0 saturated carbocycles. The molecule has 0 radical (unpaired) electrons. The molecule has 0 aromatic heterocycles. The Hall–Kier alpha value is -0.550. The second-order valence-electron chi connectivity index (χ2n) is 3.15. The summed E-state index contributed by atoms with van der Waals surface area (Å²) < 4.78 is 0. The van der Waals surface area contributed by atoms with Crippen LogP contribution in [0.25, 0.3) is 0 Å². The van der Waals surface area contributed by atoms with Gasteiger partial charge in [-0.3, -0.25) is 4.79 Å². The summed E-state index contributed by atoms with van der Waals surface area (Å²) in [7, 11) is 3.57. The Balaban J connectivity index is 3.12. The van der Waals surface area contributed by atoms with Crippen LogP contribution in [0, 0.1) is 0 Å². The van der Waals surface area contributed by atoms with E-state index in [1.165, 1.54) is 6.92 Å². The number of hydrogen-bond acceptors (Lipinski definition) is 4. The third-order valence-corrected chi connectivity index (χ3v) is 4.00. The fourth-order valence-electron chi connectivity index (χ4n) is 0.902. The van der Waals surface area contributed by atoms with Crippen molar-refractivity contribution in [3.05, 3.63) is 24.9 Å². The number of rotatable bonds is 10. The van der Waals surface area contributed by atoms with Crippen LogP contribution in [-0.4, -0.2) is 30.5 Å². The number of carbonyl (C=O) groups is 1. The number of nitrogens with one attached hydrogen (secondary N) is 2. The molecule has 0 aromatic carbocycles. The van der Waals surface area contributed by atoms with Crippen molar-refractivity contribution in [1.82, 2.24) is 10.6 Å². The van der Waals surface area contributed by atoms with E-state index in [1.54, 1.807) is 21.6 Å². The molecular formula is C11H20N2OS2. The van der Waals surface area contributed by atoms with Crippen LogP contribution >= 0.6 is 21.6 Å². The maximum atomic E-state index is 10.6. The van der Waals surface area contributed by atoms with E-state index in [1.807, 2.05) is 6.08 Å². The Labute approximate surface area is 106 Å². The van der Waals surface area contributed by atoms with Crippen molar-refractivity contribution in [3.8, 4) is 0 Å². The van der Waals surface area contributed by atoms with Crippen LogP contribution in [0.5, 0.6) is 0 Å². The topological polar surface area (TPSA) is 41.1 Å². The number of amides is 1. The summed E-state index contributed by atoms with van der Waals surface area (Å²) in [6.45, 7) is 10.7. The Kier molecular flexibility index (Phi) is 10.6. The first kappa shape index (κ1) is 15.4. The van der Waals surface area contributed by atoms with Gasteiger partial charge in [0.05, 0.1) is 0 Å². The Morgan fingerprint density at radius 3 is 2.31 bits per heavy atom. The molecule has 0 rings (SSSR count). The number of allylic oxidation sites excluding steroid dienone is 1. The van der Waals surface area contributed by atoms with Crippen LogP contribution in [0.2, 0.25) is 0 Å². The van der Waals surface area contributed by atoms with Gasteiger partial charge in [-0.05, 0) is 0 Å². The minimum atomic E-state index is 0.0352. The molecule has 5 heteroatoms. The Morgan fingerprint density at radius 2 is 1.81 bits per heavy atom. The lowest BCUT2D eigenvalue weighted by molar-refractivity contribution is -0.118. The molecule has 0 atom stereocenters. The maximum absolute atomic E-state index is 10.6. The maximum Gasteiger partial charge on any atom is 0.216 e. The van der Waals surface area contributed by atoms with E-state index in [-0.39, 0.29) is 5.91 Å². The third kappa shape index (κ3) is 11.5. The molecule has 3 nitrogen and oxygen atoms in total. The standard InChI is InChI=1S/C11H20N2OS2/c1-4-5-10(2)12-6-8-15-16-9-7-13-11(3)14/h4,12H,1-2,5-9H2,3H3,(H,13,14). The predicted octanol–water partition coefficient (Wildman–Crippen LogP) is 2.18. The minimum Gasteiger partial charge on any atom is -0.388 e. The third-order valence-electron chi connectivity index (χ3n) is 1.59. The number of carbonyl (C=O) groups excluding carboxylic acids is 1. The molecule has 0 spiro atoms. The molecule has 92 valence electrons. The zero-order chi connectivity index (χ0) is 12.2. The van der Waals surface area contributed by atoms with Crippen molar-refractivity contribution in [1.29, 1.82) is 0 Å². The van der Waals surface area contributed by atoms with Crippen LogP contribution < -0.4 is 10.6 Å². The fourth-order valence-corrected chi connectivity index (χ4v) is 2.72. The summed E-state index contributed by atoms with van der Waals surface area (Å²) in [5.74, 6) is 2.01. The fraction of sp³-hybridized carbons (Fsp3) is 0.545. The van der Waals surface area contributed by atoms with Crippen molar-refractivity contribution >= 4 is 27.5 Å². The lowest BCUT2D eigenvalue weighted by Gasteiger charge is -2.06. The first-order chi connectivity index (χ1) is 7.66. The van der Waals surface area contributed by atoms with Gasteiger partial charge in [0.2, 0.25) is 5.91 Å². The monoisotopic (exact) mass is 260 g/mol. The van der Waals surface area contributed by atoms with Crippen LogP contribution in [0.15, 0.2) is 24.9 Å². The van der Waals surface area contributed by atoms with E-state index in [0.29, 0.717) is 0 Å². The summed E-state index contributed by atoms with van der Waals surface area (Å²) in [4.78, 5) is 10.6. The van der Waals surface area contributed by atoms with Crippen LogP contribution in [-0.2, 0) is 4.79 Å². The first-order valence-corrected chi connectivity index (χ1v) is 7.67. The first-order valence-electron chi connectivity index (χ1n) is 5.18. The molecule has 0 saturated heterocycles. The average molecular weight is 260 g/mol. The molecule has 0 aliphatic rings. The molecule has 0 aliphatic heterocycles. The predicted molar refractivity (Wildman–Crippen MR) is 75.6 cm³/mol. The molecule has 1 amide bonds. The molecule has 0 aliphatic carbocycles. The summed E-state index contributed by atoms with van der Waals surface area (Å²) >= 11 is 0. The van der Waals surface area contributed by atoms with Crippen molar-refractivity contribution in [2.24, 2.45) is 0 Å². The van der Waals surface area contributed by atoms with Gasteiger partial charge in [-0.15, -0.1) is 6.58 Å². The molecule has 0 heterocycles. The van der Waals surface area contributed by atoms with Crippen LogP contribution in [0.3, 0.4) is 0 Å². The van der Waals surface area contributed by atoms with E-state index in [4.69, 9.17) is 0 Å². The summed E-state index contributed by atoms with van der Waals surface area (Å²) in [6, 6.07) is 0. The molecule has 0 aromatic rings. The zero-order valence-corrected chi connectivity index (χ0v) is 11.4. The SMILES string of the molecule is C=CCC(=C)NCCSSCCNC(C)=O. The molecule has 16 heavy (non-hydrogen) atoms. The van der Waals surface area contributed by atoms with Gasteiger partial charge >= 0.3 is 0 Å². The van der Waals surface area contributed by atoms with Gasteiger partial charge in [0.15, 0.2) is 0 Å². The van der Waals surface area contributed by atoms with Crippen molar-refractivity contribution in [3.63, 3.8) is 0 Å². The molecule has 0 unspecified atom stereocenters. The Bertz CT molecular complexity index is 232. The van der Waals surface area contributed by atoms with E-state index in [0.717, 1.165) is 36.7 Å². The van der Waals surface area contributed by atoms with Crippen molar-refractivity contribution in [2.75, 3.05) is 24.6 Å². The van der Waals surface area contributed by atoms with E-state index in [9.17, 15) is 4.79 Å².